The minimum Gasteiger partial charge on any atom is -0.465 e. The molecule has 0 heterocycles. The second-order valence-electron chi connectivity index (χ2n) is 5.12. The summed E-state index contributed by atoms with van der Waals surface area (Å²) in [5, 5.41) is 60.5. The molecule has 0 radical (unpaired) electrons. The molecule has 9 heteroatoms. The van der Waals surface area contributed by atoms with Gasteiger partial charge >= 0.3 is 5.97 Å². The lowest BCUT2D eigenvalue weighted by molar-refractivity contribution is -0.150. The topological polar surface area (TPSA) is 168 Å². The van der Waals surface area contributed by atoms with Crippen LogP contribution in [0.4, 0.5) is 0 Å². The number of rotatable bonds is 10. The van der Waals surface area contributed by atoms with E-state index in [1.54, 1.807) is 6.92 Å². The standard InChI is InChI=1S/C8H16O5.C5H12O4/c1-2-7(12)13-6-8(3-9,4-10)5-11;6-1-5(2-7,3-8)4-9/h9-11H,2-6H2,1H3;6-9H,1-4H2. The van der Waals surface area contributed by atoms with Crippen molar-refractivity contribution in [1.82, 2.24) is 0 Å². The molecule has 0 unspecified atom stereocenters. The molecule has 0 saturated heterocycles. The van der Waals surface area contributed by atoms with Crippen LogP contribution in [0.25, 0.3) is 0 Å². The van der Waals surface area contributed by atoms with Crippen molar-refractivity contribution in [2.45, 2.75) is 13.3 Å². The lowest BCUT2D eigenvalue weighted by Crippen LogP contribution is -2.39. The van der Waals surface area contributed by atoms with Crippen molar-refractivity contribution in [1.29, 1.82) is 0 Å². The first-order valence-corrected chi connectivity index (χ1v) is 6.80. The summed E-state index contributed by atoms with van der Waals surface area (Å²) in [5.41, 5.74) is -2.23. The van der Waals surface area contributed by atoms with Crippen molar-refractivity contribution in [3.8, 4) is 0 Å². The fourth-order valence-electron chi connectivity index (χ4n) is 0.923. The molecule has 0 atom stereocenters. The number of carbonyl (C=O) groups is 1. The van der Waals surface area contributed by atoms with Crippen LogP contribution < -0.4 is 0 Å². The highest BCUT2D eigenvalue weighted by Gasteiger charge is 2.29. The van der Waals surface area contributed by atoms with E-state index in [1.807, 2.05) is 0 Å². The van der Waals surface area contributed by atoms with Crippen LogP contribution in [-0.2, 0) is 9.53 Å². The highest BCUT2D eigenvalue weighted by molar-refractivity contribution is 5.68. The molecule has 0 aromatic rings. The second kappa shape index (κ2) is 12.7. The molecule has 7 N–H and O–H groups in total. The molecule has 0 spiro atoms. The summed E-state index contributed by atoms with van der Waals surface area (Å²) in [5.74, 6) is -0.417. The number of aliphatic hydroxyl groups is 7. The highest BCUT2D eigenvalue weighted by atomic mass is 16.5. The molecule has 22 heavy (non-hydrogen) atoms. The average Bonchev–Trinajstić information content (AvgIpc) is 2.59. The Balaban J connectivity index is 0. The first-order valence-electron chi connectivity index (χ1n) is 6.80. The summed E-state index contributed by atoms with van der Waals surface area (Å²) in [4.78, 5) is 10.7. The Hall–Kier alpha value is -0.810. The van der Waals surface area contributed by atoms with Crippen molar-refractivity contribution >= 4 is 5.97 Å². The second-order valence-corrected chi connectivity index (χ2v) is 5.12. The first-order chi connectivity index (χ1) is 10.4. The molecule has 0 aromatic carbocycles. The summed E-state index contributed by atoms with van der Waals surface area (Å²) in [6, 6.07) is 0. The molecule has 0 aromatic heterocycles. The molecule has 0 saturated carbocycles. The van der Waals surface area contributed by atoms with Gasteiger partial charge in [-0.05, 0) is 0 Å². The van der Waals surface area contributed by atoms with Gasteiger partial charge in [-0.2, -0.15) is 0 Å². The predicted octanol–water partition coefficient (Wildman–Crippen LogP) is -3.16. The minimum absolute atomic E-state index is 0.164. The molecule has 0 fully saturated rings. The monoisotopic (exact) mass is 328 g/mol. The Morgan fingerprint density at radius 3 is 1.23 bits per heavy atom. The average molecular weight is 328 g/mol. The van der Waals surface area contributed by atoms with Crippen LogP contribution in [0.2, 0.25) is 0 Å². The summed E-state index contributed by atoms with van der Waals surface area (Å²) < 4.78 is 4.71. The maximum atomic E-state index is 10.7. The number of carbonyl (C=O) groups excluding carboxylic acids is 1. The van der Waals surface area contributed by atoms with E-state index >= 15 is 0 Å². The quantitative estimate of drug-likeness (QED) is 0.205. The van der Waals surface area contributed by atoms with Crippen LogP contribution in [0.5, 0.6) is 0 Å². The van der Waals surface area contributed by atoms with Crippen LogP contribution in [0, 0.1) is 10.8 Å². The summed E-state index contributed by atoms with van der Waals surface area (Å²) in [6.45, 7) is -1.41. The van der Waals surface area contributed by atoms with Gasteiger partial charge in [0.25, 0.3) is 0 Å². The molecule has 134 valence electrons. The van der Waals surface area contributed by atoms with Gasteiger partial charge in [-0.15, -0.1) is 0 Å². The Labute approximate surface area is 129 Å². The van der Waals surface area contributed by atoms with Crippen molar-refractivity contribution in [3.63, 3.8) is 0 Å². The molecule has 0 aliphatic rings. The number of esters is 1. The predicted molar refractivity (Wildman–Crippen MR) is 75.7 cm³/mol. The van der Waals surface area contributed by atoms with Gasteiger partial charge in [0, 0.05) is 6.42 Å². The Bertz CT molecular complexity index is 249. The van der Waals surface area contributed by atoms with Gasteiger partial charge in [0.1, 0.15) is 6.61 Å². The number of aliphatic hydroxyl groups excluding tert-OH is 7. The summed E-state index contributed by atoms with van der Waals surface area (Å²) in [6.07, 6.45) is 0.234. The van der Waals surface area contributed by atoms with Gasteiger partial charge in [-0.3, -0.25) is 4.79 Å². The van der Waals surface area contributed by atoms with Gasteiger partial charge in [0.05, 0.1) is 57.1 Å². The smallest absolute Gasteiger partial charge is 0.305 e. The van der Waals surface area contributed by atoms with Crippen LogP contribution >= 0.6 is 0 Å². The Kier molecular flexibility index (Phi) is 13.5. The molecule has 0 rings (SSSR count). The zero-order valence-electron chi connectivity index (χ0n) is 12.8. The lowest BCUT2D eigenvalue weighted by atomic mass is 9.93. The van der Waals surface area contributed by atoms with Crippen LogP contribution in [0.1, 0.15) is 13.3 Å². The molecular formula is C13H28O9. The molecular weight excluding hydrogens is 300 g/mol. The Morgan fingerprint density at radius 1 is 0.727 bits per heavy atom. The third kappa shape index (κ3) is 7.99. The largest absolute Gasteiger partial charge is 0.465 e. The van der Waals surface area contributed by atoms with Crippen LogP contribution in [0.3, 0.4) is 0 Å². The van der Waals surface area contributed by atoms with Crippen molar-refractivity contribution in [2.75, 3.05) is 52.9 Å². The van der Waals surface area contributed by atoms with E-state index in [-0.39, 0.29) is 13.0 Å². The fraction of sp³-hybridized carbons (Fsp3) is 0.923. The van der Waals surface area contributed by atoms with Crippen molar-refractivity contribution < 1.29 is 45.3 Å². The van der Waals surface area contributed by atoms with Gasteiger partial charge in [0.15, 0.2) is 0 Å². The first kappa shape index (κ1) is 23.5. The maximum absolute atomic E-state index is 10.7. The van der Waals surface area contributed by atoms with E-state index in [2.05, 4.69) is 0 Å². The maximum Gasteiger partial charge on any atom is 0.305 e. The van der Waals surface area contributed by atoms with E-state index in [1.165, 1.54) is 0 Å². The number of hydrogen-bond donors (Lipinski definition) is 7. The minimum atomic E-state index is -1.12. The lowest BCUT2D eigenvalue weighted by Gasteiger charge is -2.26. The third-order valence-corrected chi connectivity index (χ3v) is 3.18. The molecule has 0 aliphatic carbocycles. The normalized spacial score (nSPS) is 11.6. The number of hydrogen-bond acceptors (Lipinski definition) is 9. The number of ether oxygens (including phenoxy) is 1. The van der Waals surface area contributed by atoms with E-state index in [0.717, 1.165) is 0 Å². The summed E-state index contributed by atoms with van der Waals surface area (Å²) in [7, 11) is 0. The van der Waals surface area contributed by atoms with E-state index < -0.39 is 63.0 Å². The third-order valence-electron chi connectivity index (χ3n) is 3.18. The Morgan fingerprint density at radius 2 is 1.05 bits per heavy atom. The van der Waals surface area contributed by atoms with Gasteiger partial charge in [-0.25, -0.2) is 0 Å². The molecule has 9 nitrogen and oxygen atoms in total. The zero-order chi connectivity index (χ0) is 17.6. The van der Waals surface area contributed by atoms with Crippen molar-refractivity contribution in [2.24, 2.45) is 10.8 Å². The van der Waals surface area contributed by atoms with Gasteiger partial charge in [-0.1, -0.05) is 6.92 Å². The van der Waals surface area contributed by atoms with Crippen LogP contribution in [0.15, 0.2) is 0 Å². The van der Waals surface area contributed by atoms with Crippen molar-refractivity contribution in [3.05, 3.63) is 0 Å². The van der Waals surface area contributed by atoms with Crippen LogP contribution in [-0.4, -0.2) is 94.6 Å². The molecule has 0 bridgehead atoms. The SMILES string of the molecule is CCC(=O)OCC(CO)(CO)CO.OCC(CO)(CO)CO. The fourth-order valence-corrected chi connectivity index (χ4v) is 0.923. The van der Waals surface area contributed by atoms with Gasteiger partial charge < -0.3 is 40.5 Å². The van der Waals surface area contributed by atoms with E-state index in [4.69, 9.17) is 40.5 Å². The zero-order valence-corrected chi connectivity index (χ0v) is 12.8. The van der Waals surface area contributed by atoms with E-state index in [0.29, 0.717) is 0 Å². The highest BCUT2D eigenvalue weighted by Crippen LogP contribution is 2.15. The molecule has 0 amide bonds. The van der Waals surface area contributed by atoms with E-state index in [9.17, 15) is 4.79 Å². The van der Waals surface area contributed by atoms with Gasteiger partial charge in [0.2, 0.25) is 0 Å². The molecule has 0 aliphatic heterocycles. The summed E-state index contributed by atoms with van der Waals surface area (Å²) >= 11 is 0.